The van der Waals surface area contributed by atoms with Crippen molar-refractivity contribution in [1.29, 1.82) is 0 Å². The summed E-state index contributed by atoms with van der Waals surface area (Å²) in [6.45, 7) is 2.45. The lowest BCUT2D eigenvalue weighted by Crippen LogP contribution is -2.51. The first-order valence-corrected chi connectivity index (χ1v) is 7.72. The van der Waals surface area contributed by atoms with Crippen LogP contribution in [0.1, 0.15) is 13.3 Å². The molecular weight excluding hydrogens is 298 g/mol. The van der Waals surface area contributed by atoms with Gasteiger partial charge in [0.1, 0.15) is 6.04 Å². The van der Waals surface area contributed by atoms with Crippen LogP contribution in [0.5, 0.6) is 0 Å². The fourth-order valence-corrected chi connectivity index (χ4v) is 3.29. The summed E-state index contributed by atoms with van der Waals surface area (Å²) in [5.41, 5.74) is 0. The third-order valence-electron chi connectivity index (χ3n) is 2.99. The van der Waals surface area contributed by atoms with Crippen molar-refractivity contribution in [3.05, 3.63) is 0 Å². The molecule has 0 spiro atoms. The quantitative estimate of drug-likeness (QED) is 0.556. The van der Waals surface area contributed by atoms with Crippen molar-refractivity contribution in [2.24, 2.45) is 0 Å². The van der Waals surface area contributed by atoms with Gasteiger partial charge in [-0.3, -0.25) is 9.69 Å². The van der Waals surface area contributed by atoms with Crippen molar-refractivity contribution in [1.82, 2.24) is 15.5 Å². The molecule has 120 valence electrons. The van der Waals surface area contributed by atoms with Gasteiger partial charge < -0.3 is 20.5 Å². The zero-order chi connectivity index (χ0) is 15.8. The van der Waals surface area contributed by atoms with Gasteiger partial charge in [-0.25, -0.2) is 9.59 Å². The molecule has 1 fully saturated rings. The zero-order valence-corrected chi connectivity index (χ0v) is 12.9. The van der Waals surface area contributed by atoms with E-state index in [-0.39, 0.29) is 17.8 Å². The molecule has 0 aliphatic carbocycles. The van der Waals surface area contributed by atoms with Crippen LogP contribution in [0.15, 0.2) is 0 Å². The van der Waals surface area contributed by atoms with E-state index < -0.39 is 18.0 Å². The number of aliphatic carboxylic acids is 1. The molecule has 1 saturated heterocycles. The molecule has 1 aliphatic rings. The van der Waals surface area contributed by atoms with E-state index in [1.54, 1.807) is 0 Å². The summed E-state index contributed by atoms with van der Waals surface area (Å²) in [6.07, 6.45) is 0.655. The Bertz CT molecular complexity index is 393. The molecule has 0 aromatic carbocycles. The molecule has 21 heavy (non-hydrogen) atoms. The number of carboxylic acids is 1. The number of rotatable bonds is 7. The van der Waals surface area contributed by atoms with Gasteiger partial charge in [0, 0.05) is 19.4 Å². The summed E-state index contributed by atoms with van der Waals surface area (Å²) >= 11 is 1.43. The van der Waals surface area contributed by atoms with Crippen LogP contribution < -0.4 is 10.6 Å². The van der Waals surface area contributed by atoms with Crippen LogP contribution in [0.4, 0.5) is 4.79 Å². The number of nitrogens with zero attached hydrogens (tertiary/aromatic N) is 1. The van der Waals surface area contributed by atoms with Gasteiger partial charge in [0.25, 0.3) is 0 Å². The van der Waals surface area contributed by atoms with Crippen LogP contribution in [0.2, 0.25) is 0 Å². The lowest BCUT2D eigenvalue weighted by atomic mass is 10.3. The Morgan fingerprint density at radius 2 is 2.10 bits per heavy atom. The molecule has 0 radical (unpaired) electrons. The van der Waals surface area contributed by atoms with Crippen molar-refractivity contribution >= 4 is 29.7 Å². The number of carbonyl (C=O) groups excluding carboxylic acids is 2. The maximum atomic E-state index is 12.1. The molecule has 2 unspecified atom stereocenters. The maximum absolute atomic E-state index is 12.1. The van der Waals surface area contributed by atoms with Crippen molar-refractivity contribution in [2.75, 3.05) is 32.6 Å². The minimum Gasteiger partial charge on any atom is -0.480 e. The van der Waals surface area contributed by atoms with E-state index >= 15 is 0 Å². The second-order valence-corrected chi connectivity index (χ2v) is 5.67. The first-order chi connectivity index (χ1) is 10.0. The Morgan fingerprint density at radius 1 is 1.38 bits per heavy atom. The molecule has 0 aromatic heterocycles. The highest BCUT2D eigenvalue weighted by Crippen LogP contribution is 2.31. The summed E-state index contributed by atoms with van der Waals surface area (Å²) in [5, 5.41) is 14.0. The van der Waals surface area contributed by atoms with E-state index in [9.17, 15) is 14.4 Å². The van der Waals surface area contributed by atoms with Crippen LogP contribution in [0.25, 0.3) is 0 Å². The molecule has 3 amide bonds. The molecule has 0 saturated carbocycles. The van der Waals surface area contributed by atoms with Gasteiger partial charge in [0.2, 0.25) is 5.91 Å². The SMILES string of the molecule is CCC1SCC(C(=O)O)N1C(=O)NCC(=O)NCCOC. The molecule has 0 bridgehead atoms. The number of hydrogen-bond donors (Lipinski definition) is 3. The fraction of sp³-hybridized carbons (Fsp3) is 0.750. The maximum Gasteiger partial charge on any atom is 0.327 e. The lowest BCUT2D eigenvalue weighted by Gasteiger charge is -2.26. The van der Waals surface area contributed by atoms with Gasteiger partial charge in [0.05, 0.1) is 18.5 Å². The Morgan fingerprint density at radius 3 is 2.67 bits per heavy atom. The van der Waals surface area contributed by atoms with Crippen LogP contribution in [-0.2, 0) is 14.3 Å². The van der Waals surface area contributed by atoms with Crippen LogP contribution in [0.3, 0.4) is 0 Å². The minimum absolute atomic E-state index is 0.178. The molecule has 8 nitrogen and oxygen atoms in total. The Balaban J connectivity index is 2.48. The van der Waals surface area contributed by atoms with E-state index in [1.165, 1.54) is 23.8 Å². The number of carboxylic acid groups (broad SMARTS) is 1. The number of hydrogen-bond acceptors (Lipinski definition) is 5. The van der Waals surface area contributed by atoms with Crippen molar-refractivity contribution in [3.8, 4) is 0 Å². The van der Waals surface area contributed by atoms with Gasteiger partial charge in [-0.2, -0.15) is 0 Å². The van der Waals surface area contributed by atoms with Crippen molar-refractivity contribution < 1.29 is 24.2 Å². The third-order valence-corrected chi connectivity index (χ3v) is 4.44. The van der Waals surface area contributed by atoms with Crippen LogP contribution in [0, 0.1) is 0 Å². The summed E-state index contributed by atoms with van der Waals surface area (Å²) in [5.74, 6) is -1.01. The average Bonchev–Trinajstić information content (AvgIpc) is 2.89. The molecule has 3 N–H and O–H groups in total. The van der Waals surface area contributed by atoms with Crippen LogP contribution in [-0.4, -0.2) is 71.9 Å². The van der Waals surface area contributed by atoms with Gasteiger partial charge >= 0.3 is 12.0 Å². The Hall–Kier alpha value is -1.48. The van der Waals surface area contributed by atoms with E-state index in [4.69, 9.17) is 9.84 Å². The Kier molecular flexibility index (Phi) is 7.30. The largest absolute Gasteiger partial charge is 0.480 e. The standard InChI is InChI=1S/C12H21N3O5S/c1-3-10-15(8(7-21-10)11(17)18)12(19)14-6-9(16)13-4-5-20-2/h8,10H,3-7H2,1-2H3,(H,13,16)(H,14,19)(H,17,18). The number of thioether (sulfide) groups is 1. The predicted octanol–water partition coefficient (Wildman–Crippen LogP) is -0.303. The molecule has 0 aromatic rings. The average molecular weight is 319 g/mol. The van der Waals surface area contributed by atoms with Crippen molar-refractivity contribution in [2.45, 2.75) is 24.8 Å². The fourth-order valence-electron chi connectivity index (χ4n) is 1.94. The van der Waals surface area contributed by atoms with E-state index in [0.29, 0.717) is 25.3 Å². The number of methoxy groups -OCH3 is 1. The first kappa shape index (κ1) is 17.6. The molecule has 1 rings (SSSR count). The summed E-state index contributed by atoms with van der Waals surface area (Å²) < 4.78 is 4.79. The number of urea groups is 1. The second-order valence-electron chi connectivity index (χ2n) is 4.46. The van der Waals surface area contributed by atoms with Gasteiger partial charge in [-0.1, -0.05) is 6.92 Å². The molecule has 1 aliphatic heterocycles. The number of nitrogens with one attached hydrogen (secondary N) is 2. The lowest BCUT2D eigenvalue weighted by molar-refractivity contribution is -0.141. The zero-order valence-electron chi connectivity index (χ0n) is 12.1. The normalized spacial score (nSPS) is 21.1. The van der Waals surface area contributed by atoms with Crippen LogP contribution >= 0.6 is 11.8 Å². The molecule has 2 atom stereocenters. The number of carbonyl (C=O) groups is 3. The predicted molar refractivity (Wildman–Crippen MR) is 78.1 cm³/mol. The topological polar surface area (TPSA) is 108 Å². The molecule has 9 heteroatoms. The number of ether oxygens (including phenoxy) is 1. The monoisotopic (exact) mass is 319 g/mol. The highest BCUT2D eigenvalue weighted by atomic mass is 32.2. The summed E-state index contributed by atoms with van der Waals surface area (Å²) in [7, 11) is 1.52. The van der Waals surface area contributed by atoms with E-state index in [2.05, 4.69) is 10.6 Å². The smallest absolute Gasteiger partial charge is 0.327 e. The first-order valence-electron chi connectivity index (χ1n) is 6.67. The highest BCUT2D eigenvalue weighted by Gasteiger charge is 2.40. The summed E-state index contributed by atoms with van der Waals surface area (Å²) in [6, 6.07) is -1.38. The number of amides is 3. The third kappa shape index (κ3) is 5.09. The minimum atomic E-state index is -1.03. The molecular formula is C12H21N3O5S. The van der Waals surface area contributed by atoms with Gasteiger partial charge in [0.15, 0.2) is 0 Å². The summed E-state index contributed by atoms with van der Waals surface area (Å²) in [4.78, 5) is 36.0. The van der Waals surface area contributed by atoms with E-state index in [0.717, 1.165) is 0 Å². The van der Waals surface area contributed by atoms with Gasteiger partial charge in [-0.05, 0) is 6.42 Å². The van der Waals surface area contributed by atoms with E-state index in [1.807, 2.05) is 6.92 Å². The second kappa shape index (κ2) is 8.73. The Labute approximate surface area is 127 Å². The highest BCUT2D eigenvalue weighted by molar-refractivity contribution is 8.00. The molecule has 1 heterocycles. The van der Waals surface area contributed by atoms with Crippen molar-refractivity contribution in [3.63, 3.8) is 0 Å². The van der Waals surface area contributed by atoms with Gasteiger partial charge in [-0.15, -0.1) is 11.8 Å².